The average molecular weight is 268 g/mol. The minimum atomic E-state index is 0.715. The summed E-state index contributed by atoms with van der Waals surface area (Å²) < 4.78 is 0. The second kappa shape index (κ2) is 5.99. The fourth-order valence-corrected chi connectivity index (χ4v) is 3.15. The second-order valence-electron chi connectivity index (χ2n) is 7.12. The lowest BCUT2D eigenvalue weighted by Gasteiger charge is -2.14. The van der Waals surface area contributed by atoms with E-state index in [0.717, 1.165) is 0 Å². The summed E-state index contributed by atoms with van der Waals surface area (Å²) >= 11 is 0. The molecule has 0 unspecified atom stereocenters. The van der Waals surface area contributed by atoms with Gasteiger partial charge in [0.2, 0.25) is 0 Å². The Hall–Kier alpha value is -1.30. The van der Waals surface area contributed by atoms with Crippen LogP contribution in [0.4, 0.5) is 0 Å². The highest BCUT2D eigenvalue weighted by Gasteiger charge is 2.08. The molecule has 2 aromatic rings. The van der Waals surface area contributed by atoms with Crippen LogP contribution in [0.2, 0.25) is 0 Å². The van der Waals surface area contributed by atoms with Crippen LogP contribution < -0.4 is 0 Å². The Morgan fingerprint density at radius 3 is 1.30 bits per heavy atom. The minimum Gasteiger partial charge on any atom is -0.0625 e. The molecule has 0 radical (unpaired) electrons. The molecule has 0 heteroatoms. The van der Waals surface area contributed by atoms with E-state index in [1.165, 1.54) is 45.9 Å². The molecule has 0 N–H and O–H groups in total. The summed E-state index contributed by atoms with van der Waals surface area (Å²) in [6.45, 7) is 13.7. The van der Waals surface area contributed by atoms with E-state index in [1.54, 1.807) is 0 Å². The number of aryl methyl sites for hydroxylation is 2. The fraction of sp³-hybridized carbons (Fsp3) is 0.500. The van der Waals surface area contributed by atoms with Gasteiger partial charge in [0, 0.05) is 0 Å². The molecule has 2 aromatic carbocycles. The summed E-state index contributed by atoms with van der Waals surface area (Å²) in [5, 5.41) is 2.88. The van der Waals surface area contributed by atoms with E-state index in [9.17, 15) is 0 Å². The number of rotatable bonds is 4. The average Bonchev–Trinajstić information content (AvgIpc) is 2.29. The molecule has 108 valence electrons. The normalized spacial score (nSPS) is 11.8. The molecule has 0 aliphatic rings. The summed E-state index contributed by atoms with van der Waals surface area (Å²) in [4.78, 5) is 0. The van der Waals surface area contributed by atoms with E-state index in [4.69, 9.17) is 0 Å². The van der Waals surface area contributed by atoms with Crippen molar-refractivity contribution in [3.8, 4) is 0 Å². The van der Waals surface area contributed by atoms with Crippen LogP contribution in [0.25, 0.3) is 10.8 Å². The second-order valence-corrected chi connectivity index (χ2v) is 7.12. The van der Waals surface area contributed by atoms with Crippen molar-refractivity contribution in [2.45, 2.75) is 54.4 Å². The third-order valence-electron chi connectivity index (χ3n) is 3.89. The van der Waals surface area contributed by atoms with Gasteiger partial charge in [0.15, 0.2) is 0 Å². The first-order valence-electron chi connectivity index (χ1n) is 7.89. The number of hydrogen-bond acceptors (Lipinski definition) is 0. The van der Waals surface area contributed by atoms with E-state index in [2.05, 4.69) is 65.8 Å². The van der Waals surface area contributed by atoms with Gasteiger partial charge in [-0.1, -0.05) is 52.0 Å². The maximum Gasteiger partial charge on any atom is -0.0149 e. The standard InChI is InChI=1S/C20H28/c1-13(2)7-17-9-15(5)20-12-18(8-14(3)4)10-16(6)19(20)11-17/h9-14H,7-8H2,1-6H3. The van der Waals surface area contributed by atoms with E-state index in [1.807, 2.05) is 0 Å². The largest absolute Gasteiger partial charge is 0.0625 e. The summed E-state index contributed by atoms with van der Waals surface area (Å²) in [7, 11) is 0. The third kappa shape index (κ3) is 3.42. The lowest BCUT2D eigenvalue weighted by Crippen LogP contribution is -1.98. The molecule has 0 aromatic heterocycles. The van der Waals surface area contributed by atoms with Crippen LogP contribution in [0.3, 0.4) is 0 Å². The van der Waals surface area contributed by atoms with Crippen LogP contribution >= 0.6 is 0 Å². The maximum atomic E-state index is 2.40. The summed E-state index contributed by atoms with van der Waals surface area (Å²) in [5.74, 6) is 1.43. The monoisotopic (exact) mass is 268 g/mol. The number of hydrogen-bond donors (Lipinski definition) is 0. The molecule has 0 amide bonds. The molecular weight excluding hydrogens is 240 g/mol. The molecule has 0 saturated heterocycles. The summed E-state index contributed by atoms with van der Waals surface area (Å²) in [6.07, 6.45) is 2.34. The maximum absolute atomic E-state index is 2.40. The van der Waals surface area contributed by atoms with Gasteiger partial charge < -0.3 is 0 Å². The zero-order valence-corrected chi connectivity index (χ0v) is 13.9. The Labute approximate surface area is 124 Å². The van der Waals surface area contributed by atoms with Gasteiger partial charge in [-0.05, 0) is 71.6 Å². The van der Waals surface area contributed by atoms with Gasteiger partial charge in [-0.25, -0.2) is 0 Å². The van der Waals surface area contributed by atoms with Crippen LogP contribution in [-0.4, -0.2) is 0 Å². The van der Waals surface area contributed by atoms with Crippen molar-refractivity contribution in [2.75, 3.05) is 0 Å². The third-order valence-corrected chi connectivity index (χ3v) is 3.89. The van der Waals surface area contributed by atoms with Gasteiger partial charge in [-0.15, -0.1) is 0 Å². The van der Waals surface area contributed by atoms with Crippen molar-refractivity contribution in [1.29, 1.82) is 0 Å². The molecule has 2 rings (SSSR count). The lowest BCUT2D eigenvalue weighted by molar-refractivity contribution is 0.646. The Bertz CT molecular complexity index is 548. The van der Waals surface area contributed by atoms with Gasteiger partial charge in [-0.2, -0.15) is 0 Å². The van der Waals surface area contributed by atoms with Crippen LogP contribution in [0.15, 0.2) is 24.3 Å². The van der Waals surface area contributed by atoms with Crippen LogP contribution in [0.5, 0.6) is 0 Å². The molecule has 0 aliphatic heterocycles. The first kappa shape index (κ1) is 15.1. The molecule has 0 saturated carbocycles. The lowest BCUT2D eigenvalue weighted by atomic mass is 9.91. The van der Waals surface area contributed by atoms with E-state index in [0.29, 0.717) is 11.8 Å². The van der Waals surface area contributed by atoms with Crippen LogP contribution in [0, 0.1) is 25.7 Å². The zero-order chi connectivity index (χ0) is 14.9. The fourth-order valence-electron chi connectivity index (χ4n) is 3.15. The Balaban J connectivity index is 2.53. The Kier molecular flexibility index (Phi) is 4.52. The van der Waals surface area contributed by atoms with Gasteiger partial charge in [0.25, 0.3) is 0 Å². The zero-order valence-electron chi connectivity index (χ0n) is 13.9. The molecule has 20 heavy (non-hydrogen) atoms. The van der Waals surface area contributed by atoms with Gasteiger partial charge in [0.05, 0.1) is 0 Å². The Morgan fingerprint density at radius 1 is 0.650 bits per heavy atom. The molecule has 0 fully saturated rings. The highest BCUT2D eigenvalue weighted by molar-refractivity contribution is 5.89. The Morgan fingerprint density at radius 2 is 1.00 bits per heavy atom. The van der Waals surface area contributed by atoms with Crippen molar-refractivity contribution in [3.63, 3.8) is 0 Å². The van der Waals surface area contributed by atoms with Crippen molar-refractivity contribution in [2.24, 2.45) is 11.8 Å². The predicted octanol–water partition coefficient (Wildman–Crippen LogP) is 5.85. The van der Waals surface area contributed by atoms with Crippen molar-refractivity contribution in [1.82, 2.24) is 0 Å². The van der Waals surface area contributed by atoms with Crippen molar-refractivity contribution in [3.05, 3.63) is 46.5 Å². The molecule has 0 atom stereocenters. The topological polar surface area (TPSA) is 0 Å². The van der Waals surface area contributed by atoms with Gasteiger partial charge in [0.1, 0.15) is 0 Å². The molecule has 0 aliphatic carbocycles. The van der Waals surface area contributed by atoms with Crippen molar-refractivity contribution >= 4 is 10.8 Å². The highest BCUT2D eigenvalue weighted by atomic mass is 14.1. The highest BCUT2D eigenvalue weighted by Crippen LogP contribution is 2.27. The molecule has 0 heterocycles. The van der Waals surface area contributed by atoms with E-state index < -0.39 is 0 Å². The summed E-state index contributed by atoms with van der Waals surface area (Å²) in [6, 6.07) is 9.55. The summed E-state index contributed by atoms with van der Waals surface area (Å²) in [5.41, 5.74) is 5.80. The van der Waals surface area contributed by atoms with Gasteiger partial charge >= 0.3 is 0 Å². The first-order chi connectivity index (χ1) is 9.36. The SMILES string of the molecule is Cc1cc(CC(C)C)cc2c(C)cc(CC(C)C)cc12. The van der Waals surface area contributed by atoms with E-state index in [-0.39, 0.29) is 0 Å². The van der Waals surface area contributed by atoms with E-state index >= 15 is 0 Å². The molecular formula is C20H28. The van der Waals surface area contributed by atoms with Gasteiger partial charge in [-0.3, -0.25) is 0 Å². The smallest absolute Gasteiger partial charge is 0.0149 e. The molecule has 0 nitrogen and oxygen atoms in total. The number of benzene rings is 2. The predicted molar refractivity (Wildman–Crippen MR) is 90.5 cm³/mol. The number of fused-ring (bicyclic) bond motifs is 1. The van der Waals surface area contributed by atoms with Crippen LogP contribution in [0.1, 0.15) is 49.9 Å². The van der Waals surface area contributed by atoms with Crippen LogP contribution in [-0.2, 0) is 12.8 Å². The quantitative estimate of drug-likeness (QED) is 0.652. The minimum absolute atomic E-state index is 0.715. The molecule has 0 bridgehead atoms. The first-order valence-corrected chi connectivity index (χ1v) is 7.89. The molecule has 0 spiro atoms. The van der Waals surface area contributed by atoms with Crippen molar-refractivity contribution < 1.29 is 0 Å².